The molecule has 0 aliphatic heterocycles. The van der Waals surface area contributed by atoms with E-state index in [1.165, 1.54) is 77.0 Å². The average molecular weight is 598 g/mol. The molecule has 0 heterocycles. The third kappa shape index (κ3) is 14.2. The zero-order chi connectivity index (χ0) is 30.8. The zero-order valence-electron chi connectivity index (χ0n) is 29.2. The van der Waals surface area contributed by atoms with Gasteiger partial charge in [-0.25, -0.2) is 0 Å². The van der Waals surface area contributed by atoms with Crippen molar-refractivity contribution in [2.45, 2.75) is 206 Å². The fraction of sp³-hybridized carbons (Fsp3) is 1.00. The van der Waals surface area contributed by atoms with Crippen LogP contribution in [0.15, 0.2) is 5.11 Å². The second-order valence-electron chi connectivity index (χ2n) is 14.8. The Morgan fingerprint density at radius 1 is 0.700 bits per heavy atom. The van der Waals surface area contributed by atoms with Crippen molar-refractivity contribution in [1.29, 1.82) is 0 Å². The first-order valence-corrected chi connectivity index (χ1v) is 22.1. The van der Waals surface area contributed by atoms with Crippen LogP contribution in [-0.4, -0.2) is 35.4 Å². The molecular formula is C33H71N3O2Si2. The van der Waals surface area contributed by atoms with Crippen molar-refractivity contribution >= 4 is 16.6 Å². The fourth-order valence-corrected chi connectivity index (χ4v) is 12.8. The number of nitrogens with zero attached hydrogens (tertiary/aromatic N) is 3. The summed E-state index contributed by atoms with van der Waals surface area (Å²) in [6, 6.07) is -0.278. The highest BCUT2D eigenvalue weighted by molar-refractivity contribution is 6.77. The van der Waals surface area contributed by atoms with Gasteiger partial charge in [-0.1, -0.05) is 158 Å². The van der Waals surface area contributed by atoms with E-state index >= 15 is 0 Å². The number of rotatable bonds is 24. The lowest BCUT2D eigenvalue weighted by Gasteiger charge is -2.46. The lowest BCUT2D eigenvalue weighted by molar-refractivity contribution is 0.105. The van der Waals surface area contributed by atoms with Gasteiger partial charge in [-0.2, -0.15) is 0 Å². The van der Waals surface area contributed by atoms with Gasteiger partial charge in [0.1, 0.15) is 0 Å². The quantitative estimate of drug-likeness (QED) is 0.0365. The Kier molecular flexibility index (Phi) is 20.4. The third-order valence-electron chi connectivity index (χ3n) is 9.71. The van der Waals surface area contributed by atoms with Gasteiger partial charge in [-0.15, -0.1) is 0 Å². The van der Waals surface area contributed by atoms with Crippen molar-refractivity contribution in [2.75, 3.05) is 6.61 Å². The largest absolute Gasteiger partial charge is 0.416 e. The summed E-state index contributed by atoms with van der Waals surface area (Å²) in [7, 11) is -4.09. The Balaban J connectivity index is 5.23. The first kappa shape index (κ1) is 39.7. The van der Waals surface area contributed by atoms with Crippen molar-refractivity contribution in [3.63, 3.8) is 0 Å². The molecule has 0 amide bonds. The van der Waals surface area contributed by atoms with Crippen molar-refractivity contribution in [1.82, 2.24) is 0 Å². The van der Waals surface area contributed by atoms with Crippen molar-refractivity contribution in [3.05, 3.63) is 10.4 Å². The molecule has 0 aliphatic carbocycles. The van der Waals surface area contributed by atoms with Crippen LogP contribution in [0.2, 0.25) is 34.8 Å². The summed E-state index contributed by atoms with van der Waals surface area (Å²) >= 11 is 0. The van der Waals surface area contributed by atoms with Crippen LogP contribution < -0.4 is 0 Å². The minimum absolute atomic E-state index is 0.0766. The number of hydrogen-bond acceptors (Lipinski definition) is 3. The summed E-state index contributed by atoms with van der Waals surface area (Å²) in [5, 5.41) is 4.44. The van der Waals surface area contributed by atoms with Crippen LogP contribution in [0, 0.1) is 0 Å². The van der Waals surface area contributed by atoms with Gasteiger partial charge in [0.15, 0.2) is 8.32 Å². The highest BCUT2D eigenvalue weighted by Gasteiger charge is 2.48. The predicted octanol–water partition coefficient (Wildman–Crippen LogP) is 12.7. The van der Waals surface area contributed by atoms with Crippen LogP contribution in [0.3, 0.4) is 0 Å². The number of hydrogen-bond donors (Lipinski definition) is 0. The molecule has 0 aromatic heterocycles. The standard InChI is InChI=1S/C33H71N3O2Si2/c1-13-14-15-16-17-18-19-20-21-22-23-24-25-26-32(38-40(28(2)3,29(4)5)30(6)7)31(35-36-34)27-37-39(11,12)33(8,9)10/h28-32H,13-27H2,1-12H3/t31-,32-/m0/s1. The Morgan fingerprint density at radius 2 is 1.10 bits per heavy atom. The van der Waals surface area contributed by atoms with Crippen LogP contribution in [0.1, 0.15) is 159 Å². The average Bonchev–Trinajstić information content (AvgIpc) is 2.85. The van der Waals surface area contributed by atoms with E-state index in [2.05, 4.69) is 92.4 Å². The lowest BCUT2D eigenvalue weighted by atomic mass is 10.0. The molecule has 2 atom stereocenters. The molecule has 0 saturated heterocycles. The van der Waals surface area contributed by atoms with Crippen molar-refractivity contribution in [2.24, 2.45) is 5.11 Å². The van der Waals surface area contributed by atoms with E-state index < -0.39 is 16.6 Å². The minimum atomic E-state index is -2.13. The second-order valence-corrected chi connectivity index (χ2v) is 25.1. The molecule has 40 heavy (non-hydrogen) atoms. The molecule has 0 radical (unpaired) electrons. The molecule has 0 rings (SSSR count). The topological polar surface area (TPSA) is 67.2 Å². The van der Waals surface area contributed by atoms with Crippen molar-refractivity contribution < 1.29 is 8.85 Å². The highest BCUT2D eigenvalue weighted by Crippen LogP contribution is 2.44. The summed E-state index contributed by atoms with van der Waals surface area (Å²) in [5.41, 5.74) is 11.0. The Labute approximate surface area is 253 Å². The van der Waals surface area contributed by atoms with E-state index in [-0.39, 0.29) is 17.2 Å². The molecule has 0 saturated carbocycles. The molecule has 0 N–H and O–H groups in total. The van der Waals surface area contributed by atoms with E-state index in [0.717, 1.165) is 12.8 Å². The molecular weight excluding hydrogens is 527 g/mol. The Morgan fingerprint density at radius 3 is 1.45 bits per heavy atom. The van der Waals surface area contributed by atoms with E-state index in [0.29, 0.717) is 23.2 Å². The number of unbranched alkanes of at least 4 members (excludes halogenated alkanes) is 12. The predicted molar refractivity (Wildman–Crippen MR) is 182 cm³/mol. The molecule has 7 heteroatoms. The molecule has 0 fully saturated rings. The van der Waals surface area contributed by atoms with Crippen LogP contribution >= 0.6 is 0 Å². The maximum atomic E-state index is 9.55. The van der Waals surface area contributed by atoms with Crippen molar-refractivity contribution in [3.8, 4) is 0 Å². The first-order chi connectivity index (χ1) is 18.7. The van der Waals surface area contributed by atoms with Gasteiger partial charge in [0, 0.05) is 11.5 Å². The second kappa shape index (κ2) is 20.5. The lowest BCUT2D eigenvalue weighted by Crippen LogP contribution is -2.53. The number of azide groups is 1. The SMILES string of the molecule is CCCCCCCCCCCCCCC[C@H](O[Si](C(C)C)(C(C)C)C(C)C)[C@H](CO[Si](C)(C)C(C)(C)C)N=[N+]=[N-]. The van der Waals surface area contributed by atoms with Gasteiger partial charge in [0.05, 0.1) is 12.1 Å². The van der Waals surface area contributed by atoms with E-state index in [9.17, 15) is 5.53 Å². The van der Waals surface area contributed by atoms with Crippen LogP contribution in [-0.2, 0) is 8.85 Å². The fourth-order valence-electron chi connectivity index (χ4n) is 6.16. The van der Waals surface area contributed by atoms with Gasteiger partial charge >= 0.3 is 0 Å². The summed E-state index contributed by atoms with van der Waals surface area (Å²) in [4.78, 5) is 3.29. The molecule has 238 valence electrons. The van der Waals surface area contributed by atoms with E-state index in [1.54, 1.807) is 0 Å². The van der Waals surface area contributed by atoms with Gasteiger partial charge in [0.2, 0.25) is 8.32 Å². The van der Waals surface area contributed by atoms with Gasteiger partial charge in [0.25, 0.3) is 0 Å². The van der Waals surface area contributed by atoms with Crippen LogP contribution in [0.4, 0.5) is 0 Å². The van der Waals surface area contributed by atoms with E-state index in [1.807, 2.05) is 0 Å². The van der Waals surface area contributed by atoms with Gasteiger partial charge in [-0.3, -0.25) is 0 Å². The third-order valence-corrected chi connectivity index (χ3v) is 20.3. The first-order valence-electron chi connectivity index (χ1n) is 17.0. The summed E-state index contributed by atoms with van der Waals surface area (Å²) in [5.74, 6) is 0. The Hall–Kier alpha value is -0.336. The van der Waals surface area contributed by atoms with Gasteiger partial charge in [-0.05, 0) is 46.7 Å². The van der Waals surface area contributed by atoms with Crippen LogP contribution in [0.5, 0.6) is 0 Å². The molecule has 0 aromatic rings. The maximum Gasteiger partial charge on any atom is 0.200 e. The Bertz CT molecular complexity index is 664. The zero-order valence-corrected chi connectivity index (χ0v) is 31.2. The molecule has 0 spiro atoms. The van der Waals surface area contributed by atoms with Crippen LogP contribution in [0.25, 0.3) is 10.4 Å². The van der Waals surface area contributed by atoms with E-state index in [4.69, 9.17) is 8.85 Å². The summed E-state index contributed by atoms with van der Waals surface area (Å²) in [6.07, 6.45) is 18.4. The monoisotopic (exact) mass is 598 g/mol. The van der Waals surface area contributed by atoms with Gasteiger partial charge < -0.3 is 8.85 Å². The molecule has 0 aromatic carbocycles. The smallest absolute Gasteiger partial charge is 0.200 e. The summed E-state index contributed by atoms with van der Waals surface area (Å²) in [6.45, 7) is 28.1. The minimum Gasteiger partial charge on any atom is -0.416 e. The molecule has 5 nitrogen and oxygen atoms in total. The molecule has 0 unspecified atom stereocenters. The molecule has 0 aliphatic rings. The maximum absolute atomic E-state index is 9.55. The highest BCUT2D eigenvalue weighted by atomic mass is 28.4. The normalized spacial score (nSPS) is 14.7. The summed E-state index contributed by atoms with van der Waals surface area (Å²) < 4.78 is 13.9. The molecule has 0 bridgehead atoms.